The summed E-state index contributed by atoms with van der Waals surface area (Å²) in [6.07, 6.45) is 0. The zero-order valence-electron chi connectivity index (χ0n) is 12.7. The number of amides is 1. The number of nitrogens with zero attached hydrogens (tertiary/aromatic N) is 2. The van der Waals surface area contributed by atoms with Gasteiger partial charge in [-0.3, -0.25) is 10.1 Å². The van der Waals surface area contributed by atoms with Crippen LogP contribution in [-0.2, 0) is 6.61 Å². The molecule has 0 bridgehead atoms. The fourth-order valence-electron chi connectivity index (χ4n) is 2.41. The van der Waals surface area contributed by atoms with E-state index in [0.29, 0.717) is 16.6 Å². The topological polar surface area (TPSA) is 64.1 Å². The second-order valence-corrected chi connectivity index (χ2v) is 8.55. The van der Waals surface area contributed by atoms with E-state index >= 15 is 0 Å². The predicted molar refractivity (Wildman–Crippen MR) is 98.3 cm³/mol. The maximum atomic E-state index is 12.5. The van der Waals surface area contributed by atoms with Crippen molar-refractivity contribution in [1.82, 2.24) is 10.2 Å². The number of hydrogen-bond acceptors (Lipinski definition) is 7. The molecule has 3 heterocycles. The highest BCUT2D eigenvalue weighted by molar-refractivity contribution is 8.01. The van der Waals surface area contributed by atoms with Crippen LogP contribution in [0.5, 0.6) is 5.75 Å². The third-order valence-electron chi connectivity index (χ3n) is 3.44. The molecule has 1 aliphatic heterocycles. The highest BCUT2D eigenvalue weighted by Gasteiger charge is 2.22. The Hall–Kier alpha value is -1.90. The first-order valence-corrected chi connectivity index (χ1v) is 9.99. The van der Waals surface area contributed by atoms with Crippen LogP contribution < -0.4 is 10.1 Å². The SMILES string of the molecule is CCSc1nnc(NC(=O)c2cc3c(s2)-c2ccccc2OC3)s1. The Morgan fingerprint density at radius 1 is 1.33 bits per heavy atom. The number of hydrogen-bond donors (Lipinski definition) is 1. The minimum Gasteiger partial charge on any atom is -0.488 e. The summed E-state index contributed by atoms with van der Waals surface area (Å²) >= 11 is 4.49. The molecule has 0 atom stereocenters. The van der Waals surface area contributed by atoms with Gasteiger partial charge in [0.15, 0.2) is 4.34 Å². The number of carbonyl (C=O) groups excluding carboxylic acids is 1. The molecule has 8 heteroatoms. The van der Waals surface area contributed by atoms with E-state index in [-0.39, 0.29) is 5.91 Å². The Balaban J connectivity index is 1.57. The molecule has 5 nitrogen and oxygen atoms in total. The van der Waals surface area contributed by atoms with E-state index < -0.39 is 0 Å². The van der Waals surface area contributed by atoms with Crippen molar-refractivity contribution in [2.45, 2.75) is 17.9 Å². The lowest BCUT2D eigenvalue weighted by Gasteiger charge is -2.16. The van der Waals surface area contributed by atoms with Crippen molar-refractivity contribution in [1.29, 1.82) is 0 Å². The first-order chi connectivity index (χ1) is 11.7. The Bertz CT molecular complexity index is 904. The molecule has 1 aromatic carbocycles. The van der Waals surface area contributed by atoms with Crippen LogP contribution in [0.4, 0.5) is 5.13 Å². The summed E-state index contributed by atoms with van der Waals surface area (Å²) in [7, 11) is 0. The number of benzene rings is 1. The number of fused-ring (bicyclic) bond motifs is 3. The molecular weight excluding hydrogens is 362 g/mol. The van der Waals surface area contributed by atoms with Crippen molar-refractivity contribution >= 4 is 45.5 Å². The maximum absolute atomic E-state index is 12.5. The lowest BCUT2D eigenvalue weighted by Crippen LogP contribution is -2.09. The van der Waals surface area contributed by atoms with Crippen LogP contribution in [0.15, 0.2) is 34.7 Å². The predicted octanol–water partition coefficient (Wildman–Crippen LogP) is 4.52. The van der Waals surface area contributed by atoms with Gasteiger partial charge in [-0.05, 0) is 24.0 Å². The number of aromatic nitrogens is 2. The van der Waals surface area contributed by atoms with E-state index in [1.54, 1.807) is 11.8 Å². The molecule has 0 radical (unpaired) electrons. The van der Waals surface area contributed by atoms with Crippen LogP contribution in [0, 0.1) is 0 Å². The second kappa shape index (κ2) is 6.54. The Kier molecular flexibility index (Phi) is 4.26. The lowest BCUT2D eigenvalue weighted by atomic mass is 10.1. The van der Waals surface area contributed by atoms with Crippen molar-refractivity contribution in [3.05, 3.63) is 40.8 Å². The van der Waals surface area contributed by atoms with Gasteiger partial charge in [0.25, 0.3) is 5.91 Å². The quantitative estimate of drug-likeness (QED) is 0.536. The highest BCUT2D eigenvalue weighted by Crippen LogP contribution is 2.42. The molecule has 3 aromatic rings. The maximum Gasteiger partial charge on any atom is 0.267 e. The molecule has 0 saturated carbocycles. The third-order valence-corrected chi connectivity index (χ3v) is 6.51. The number of thioether (sulfide) groups is 1. The molecule has 1 amide bonds. The van der Waals surface area contributed by atoms with Crippen LogP contribution >= 0.6 is 34.4 Å². The van der Waals surface area contributed by atoms with Crippen molar-refractivity contribution in [3.63, 3.8) is 0 Å². The van der Waals surface area contributed by atoms with Gasteiger partial charge < -0.3 is 4.74 Å². The van der Waals surface area contributed by atoms with Crippen molar-refractivity contribution in [3.8, 4) is 16.2 Å². The molecule has 0 saturated heterocycles. The van der Waals surface area contributed by atoms with Crippen LogP contribution in [0.3, 0.4) is 0 Å². The zero-order chi connectivity index (χ0) is 16.5. The number of para-hydroxylation sites is 1. The molecule has 0 unspecified atom stereocenters. The molecule has 4 rings (SSSR count). The second-order valence-electron chi connectivity index (χ2n) is 5.01. The number of nitrogens with one attached hydrogen (secondary N) is 1. The summed E-state index contributed by atoms with van der Waals surface area (Å²) in [5.41, 5.74) is 2.09. The molecule has 2 aromatic heterocycles. The van der Waals surface area contributed by atoms with Crippen molar-refractivity contribution in [2.75, 3.05) is 11.1 Å². The average Bonchev–Trinajstić information content (AvgIpc) is 3.22. The highest BCUT2D eigenvalue weighted by atomic mass is 32.2. The van der Waals surface area contributed by atoms with Crippen LogP contribution in [0.1, 0.15) is 22.2 Å². The molecule has 0 aliphatic carbocycles. The Labute approximate surface area is 151 Å². The van der Waals surface area contributed by atoms with Gasteiger partial charge in [0.05, 0.1) is 4.88 Å². The van der Waals surface area contributed by atoms with E-state index in [4.69, 9.17) is 4.74 Å². The van der Waals surface area contributed by atoms with Gasteiger partial charge in [0.1, 0.15) is 12.4 Å². The summed E-state index contributed by atoms with van der Waals surface area (Å²) in [6.45, 7) is 2.55. The molecule has 1 N–H and O–H groups in total. The van der Waals surface area contributed by atoms with Gasteiger partial charge in [-0.25, -0.2) is 0 Å². The van der Waals surface area contributed by atoms with Gasteiger partial charge in [-0.15, -0.1) is 21.5 Å². The third kappa shape index (κ3) is 2.92. The van der Waals surface area contributed by atoms with Gasteiger partial charge in [0.2, 0.25) is 5.13 Å². The first-order valence-electron chi connectivity index (χ1n) is 7.37. The van der Waals surface area contributed by atoms with Gasteiger partial charge in [0, 0.05) is 16.0 Å². The van der Waals surface area contributed by atoms with E-state index in [9.17, 15) is 4.79 Å². The van der Waals surface area contributed by atoms with Crippen molar-refractivity contribution in [2.24, 2.45) is 0 Å². The average molecular weight is 376 g/mol. The van der Waals surface area contributed by atoms with Crippen LogP contribution in [-0.4, -0.2) is 21.9 Å². The normalized spacial score (nSPS) is 12.2. The monoisotopic (exact) mass is 375 g/mol. The fourth-order valence-corrected chi connectivity index (χ4v) is 5.15. The standard InChI is InChI=1S/C16H13N3O2S3/c1-2-22-16-19-18-15(24-16)17-14(20)12-7-9-8-21-11-6-4-3-5-10(11)13(9)23-12/h3-7H,2,8H2,1H3,(H,17,18,20). The first kappa shape index (κ1) is 15.6. The van der Waals surface area contributed by atoms with Crippen LogP contribution in [0.2, 0.25) is 0 Å². The van der Waals surface area contributed by atoms with Gasteiger partial charge in [-0.1, -0.05) is 42.2 Å². The van der Waals surface area contributed by atoms with Crippen molar-refractivity contribution < 1.29 is 9.53 Å². The van der Waals surface area contributed by atoms with Gasteiger partial charge in [-0.2, -0.15) is 0 Å². The fraction of sp³-hybridized carbons (Fsp3) is 0.188. The smallest absolute Gasteiger partial charge is 0.267 e. The summed E-state index contributed by atoms with van der Waals surface area (Å²) < 4.78 is 6.61. The van der Waals surface area contributed by atoms with E-state index in [0.717, 1.165) is 31.8 Å². The van der Waals surface area contributed by atoms with Gasteiger partial charge >= 0.3 is 0 Å². The molecule has 24 heavy (non-hydrogen) atoms. The summed E-state index contributed by atoms with van der Waals surface area (Å²) in [6, 6.07) is 9.79. The van der Waals surface area contributed by atoms with Crippen LogP contribution in [0.25, 0.3) is 10.4 Å². The molecule has 0 fully saturated rings. The van der Waals surface area contributed by atoms with E-state index in [1.165, 1.54) is 22.7 Å². The largest absolute Gasteiger partial charge is 0.488 e. The summed E-state index contributed by atoms with van der Waals surface area (Å²) in [5, 5.41) is 11.4. The summed E-state index contributed by atoms with van der Waals surface area (Å²) in [4.78, 5) is 14.3. The number of ether oxygens (including phenoxy) is 1. The minimum atomic E-state index is -0.156. The lowest BCUT2D eigenvalue weighted by molar-refractivity contribution is 0.103. The number of thiophene rings is 1. The Morgan fingerprint density at radius 2 is 2.21 bits per heavy atom. The number of rotatable bonds is 4. The number of anilines is 1. The molecule has 1 aliphatic rings. The summed E-state index contributed by atoms with van der Waals surface area (Å²) in [5.74, 6) is 1.64. The molecule has 122 valence electrons. The zero-order valence-corrected chi connectivity index (χ0v) is 15.2. The number of carbonyl (C=O) groups is 1. The Morgan fingerprint density at radius 3 is 3.08 bits per heavy atom. The van der Waals surface area contributed by atoms with E-state index in [2.05, 4.69) is 22.4 Å². The molecule has 0 spiro atoms. The molecular formula is C16H13N3O2S3. The minimum absolute atomic E-state index is 0.156. The van der Waals surface area contributed by atoms with E-state index in [1.807, 2.05) is 30.3 Å².